The minimum Gasteiger partial charge on any atom is -0.475 e. The van der Waals surface area contributed by atoms with Crippen LogP contribution < -0.4 is 0 Å². The summed E-state index contributed by atoms with van der Waals surface area (Å²) in [5, 5.41) is 8.53. The fourth-order valence-corrected chi connectivity index (χ4v) is 1.22. The number of hydrogen-bond donors (Lipinski definition) is 1. The van der Waals surface area contributed by atoms with Crippen molar-refractivity contribution in [1.82, 2.24) is 0 Å². The molecule has 0 unspecified atom stereocenters. The second kappa shape index (κ2) is 5.00. The highest BCUT2D eigenvalue weighted by molar-refractivity contribution is 6.39. The van der Waals surface area contributed by atoms with E-state index in [1.807, 2.05) is 0 Å². The van der Waals surface area contributed by atoms with E-state index in [1.165, 1.54) is 24.3 Å². The summed E-state index contributed by atoms with van der Waals surface area (Å²) < 4.78 is 5.13. The average Bonchev–Trinajstić information content (AvgIpc) is 2.26. The Labute approximate surface area is 104 Å². The molecule has 0 aliphatic rings. The number of ketones is 1. The van der Waals surface area contributed by atoms with Crippen LogP contribution in [0.2, 0.25) is 0 Å². The van der Waals surface area contributed by atoms with Gasteiger partial charge in [-0.3, -0.25) is 4.79 Å². The summed E-state index contributed by atoms with van der Waals surface area (Å²) in [4.78, 5) is 33.3. The van der Waals surface area contributed by atoms with Gasteiger partial charge in [-0.1, -0.05) is 0 Å². The summed E-state index contributed by atoms with van der Waals surface area (Å²) >= 11 is 0. The van der Waals surface area contributed by atoms with Crippen molar-refractivity contribution in [3.8, 4) is 0 Å². The number of carbonyl (C=O) groups excluding carboxylic acids is 2. The van der Waals surface area contributed by atoms with E-state index in [9.17, 15) is 14.4 Å². The second-order valence-electron chi connectivity index (χ2n) is 4.71. The molecular weight excluding hydrogens is 236 g/mol. The number of benzene rings is 1. The summed E-state index contributed by atoms with van der Waals surface area (Å²) in [5.41, 5.74) is -0.311. The number of hydrogen-bond acceptors (Lipinski definition) is 4. The minimum atomic E-state index is -1.53. The van der Waals surface area contributed by atoms with Gasteiger partial charge in [-0.25, -0.2) is 9.59 Å². The van der Waals surface area contributed by atoms with Gasteiger partial charge in [0.2, 0.25) is 0 Å². The molecule has 5 heteroatoms. The van der Waals surface area contributed by atoms with Gasteiger partial charge in [-0.2, -0.15) is 0 Å². The molecule has 0 heterocycles. The van der Waals surface area contributed by atoms with E-state index in [1.54, 1.807) is 20.8 Å². The molecule has 0 fully saturated rings. The predicted octanol–water partition coefficient (Wildman–Crippen LogP) is 1.91. The quantitative estimate of drug-likeness (QED) is 0.503. The molecule has 0 aliphatic heterocycles. The van der Waals surface area contributed by atoms with Crippen molar-refractivity contribution in [2.24, 2.45) is 0 Å². The SMILES string of the molecule is CC(C)(C)OC(=O)c1ccc(C(=O)C(=O)O)cc1. The molecule has 0 radical (unpaired) electrons. The topological polar surface area (TPSA) is 80.7 Å². The first-order chi connectivity index (χ1) is 8.20. The molecule has 5 nitrogen and oxygen atoms in total. The number of esters is 1. The Balaban J connectivity index is 2.87. The monoisotopic (exact) mass is 250 g/mol. The molecule has 1 rings (SSSR count). The van der Waals surface area contributed by atoms with Gasteiger partial charge in [0.15, 0.2) is 0 Å². The molecule has 0 spiro atoms. The van der Waals surface area contributed by atoms with E-state index in [-0.39, 0.29) is 11.1 Å². The van der Waals surface area contributed by atoms with Crippen LogP contribution in [-0.4, -0.2) is 28.4 Å². The van der Waals surface area contributed by atoms with Crippen molar-refractivity contribution in [3.05, 3.63) is 35.4 Å². The number of aliphatic carboxylic acids is 1. The van der Waals surface area contributed by atoms with Gasteiger partial charge in [0.05, 0.1) is 5.56 Å². The molecule has 96 valence electrons. The van der Waals surface area contributed by atoms with Gasteiger partial charge in [-0.15, -0.1) is 0 Å². The Morgan fingerprint density at radius 1 is 1.00 bits per heavy atom. The Bertz CT molecular complexity index is 479. The number of carboxylic acids is 1. The molecule has 0 saturated heterocycles. The molecule has 1 N–H and O–H groups in total. The number of Topliss-reactive ketones (excluding diaryl/α,β-unsaturated/α-hetero) is 1. The molecule has 0 saturated carbocycles. The molecule has 0 bridgehead atoms. The van der Waals surface area contributed by atoms with Crippen LogP contribution >= 0.6 is 0 Å². The van der Waals surface area contributed by atoms with Gasteiger partial charge in [0, 0.05) is 5.56 Å². The molecule has 0 aromatic heterocycles. The lowest BCUT2D eigenvalue weighted by atomic mass is 10.1. The number of ether oxygens (including phenoxy) is 1. The van der Waals surface area contributed by atoms with Crippen molar-refractivity contribution < 1.29 is 24.2 Å². The van der Waals surface area contributed by atoms with Crippen LogP contribution in [0.4, 0.5) is 0 Å². The smallest absolute Gasteiger partial charge is 0.377 e. The fraction of sp³-hybridized carbons (Fsp3) is 0.308. The van der Waals surface area contributed by atoms with Crippen LogP contribution in [-0.2, 0) is 9.53 Å². The molecule has 1 aromatic rings. The lowest BCUT2D eigenvalue weighted by molar-refractivity contribution is -0.131. The number of rotatable bonds is 3. The zero-order chi connectivity index (χ0) is 13.9. The van der Waals surface area contributed by atoms with Gasteiger partial charge >= 0.3 is 11.9 Å². The third-order valence-electron chi connectivity index (χ3n) is 1.98. The van der Waals surface area contributed by atoms with Gasteiger partial charge in [0.25, 0.3) is 5.78 Å². The lowest BCUT2D eigenvalue weighted by Crippen LogP contribution is -2.24. The maximum atomic E-state index is 11.7. The van der Waals surface area contributed by atoms with Crippen molar-refractivity contribution >= 4 is 17.7 Å². The van der Waals surface area contributed by atoms with Crippen LogP contribution in [0.3, 0.4) is 0 Å². The van der Waals surface area contributed by atoms with Crippen molar-refractivity contribution in [1.29, 1.82) is 0 Å². The van der Waals surface area contributed by atoms with Gasteiger partial charge in [-0.05, 0) is 45.0 Å². The van der Waals surface area contributed by atoms with E-state index in [2.05, 4.69) is 0 Å². The lowest BCUT2D eigenvalue weighted by Gasteiger charge is -2.19. The van der Waals surface area contributed by atoms with Crippen molar-refractivity contribution in [3.63, 3.8) is 0 Å². The standard InChI is InChI=1S/C13H14O5/c1-13(2,3)18-12(17)9-6-4-8(5-7-9)10(14)11(15)16/h4-7H,1-3H3,(H,15,16). The van der Waals surface area contributed by atoms with Crippen LogP contribution in [0, 0.1) is 0 Å². The van der Waals surface area contributed by atoms with Gasteiger partial charge in [0.1, 0.15) is 5.60 Å². The van der Waals surface area contributed by atoms with Crippen LogP contribution in [0.1, 0.15) is 41.5 Å². The molecule has 1 aromatic carbocycles. The van der Waals surface area contributed by atoms with Crippen LogP contribution in [0.5, 0.6) is 0 Å². The van der Waals surface area contributed by atoms with Crippen molar-refractivity contribution in [2.75, 3.05) is 0 Å². The molecule has 0 atom stereocenters. The summed E-state index contributed by atoms with van der Waals surface area (Å²) in [7, 11) is 0. The van der Waals surface area contributed by atoms with Crippen molar-refractivity contribution in [2.45, 2.75) is 26.4 Å². The third-order valence-corrected chi connectivity index (χ3v) is 1.98. The van der Waals surface area contributed by atoms with Crippen LogP contribution in [0.25, 0.3) is 0 Å². The Kier molecular flexibility index (Phi) is 3.86. The highest BCUT2D eigenvalue weighted by Gasteiger charge is 2.19. The Morgan fingerprint density at radius 3 is 1.83 bits per heavy atom. The average molecular weight is 250 g/mol. The summed E-state index contributed by atoms with van der Waals surface area (Å²) in [6.45, 7) is 5.23. The highest BCUT2D eigenvalue weighted by atomic mass is 16.6. The zero-order valence-electron chi connectivity index (χ0n) is 10.4. The first-order valence-corrected chi connectivity index (χ1v) is 5.32. The largest absolute Gasteiger partial charge is 0.475 e. The van der Waals surface area contributed by atoms with E-state index >= 15 is 0 Å². The van der Waals surface area contributed by atoms with E-state index in [0.29, 0.717) is 0 Å². The van der Waals surface area contributed by atoms with Crippen LogP contribution in [0.15, 0.2) is 24.3 Å². The first kappa shape index (κ1) is 13.9. The maximum absolute atomic E-state index is 11.7. The molecule has 18 heavy (non-hydrogen) atoms. The minimum absolute atomic E-state index is 0.0230. The highest BCUT2D eigenvalue weighted by Crippen LogP contribution is 2.13. The maximum Gasteiger partial charge on any atom is 0.377 e. The molecule has 0 aliphatic carbocycles. The third kappa shape index (κ3) is 3.69. The number of carbonyl (C=O) groups is 3. The molecular formula is C13H14O5. The van der Waals surface area contributed by atoms with Gasteiger partial charge < -0.3 is 9.84 Å². The normalized spacial score (nSPS) is 10.8. The summed E-state index contributed by atoms with van der Waals surface area (Å²) in [6.07, 6.45) is 0. The van der Waals surface area contributed by atoms with E-state index in [4.69, 9.17) is 9.84 Å². The second-order valence-corrected chi connectivity index (χ2v) is 4.71. The Morgan fingerprint density at radius 2 is 1.44 bits per heavy atom. The predicted molar refractivity (Wildman–Crippen MR) is 63.6 cm³/mol. The first-order valence-electron chi connectivity index (χ1n) is 5.32. The number of carboxylic acid groups (broad SMARTS) is 1. The summed E-state index contributed by atoms with van der Waals surface area (Å²) in [5.74, 6) is -3.05. The molecule has 0 amide bonds. The Hall–Kier alpha value is -2.17. The summed E-state index contributed by atoms with van der Waals surface area (Å²) in [6, 6.07) is 5.31. The van der Waals surface area contributed by atoms with E-state index in [0.717, 1.165) is 0 Å². The zero-order valence-corrected chi connectivity index (χ0v) is 10.4. The fourth-order valence-electron chi connectivity index (χ4n) is 1.22. The van der Waals surface area contributed by atoms with E-state index < -0.39 is 23.3 Å².